The van der Waals surface area contributed by atoms with E-state index in [0.29, 0.717) is 19.6 Å². The number of aryl methyl sites for hydroxylation is 1. The summed E-state index contributed by atoms with van der Waals surface area (Å²) >= 11 is 1.83. The molecule has 22 heavy (non-hydrogen) atoms. The summed E-state index contributed by atoms with van der Waals surface area (Å²) in [6.45, 7) is 7.12. The van der Waals surface area contributed by atoms with E-state index in [0.717, 1.165) is 13.1 Å². The van der Waals surface area contributed by atoms with Crippen LogP contribution in [0.5, 0.6) is 0 Å². The highest BCUT2D eigenvalue weighted by atomic mass is 32.1. The SMILES string of the molecule is CC(=O)N1CCN(Cc2c(C)sc3ccccc23)C[C@H](O)C1. The number of rotatable bonds is 2. The largest absolute Gasteiger partial charge is 0.390 e. The molecule has 3 rings (SSSR count). The molecule has 1 amide bonds. The lowest BCUT2D eigenvalue weighted by Crippen LogP contribution is -2.36. The van der Waals surface area contributed by atoms with Crippen molar-refractivity contribution in [2.24, 2.45) is 0 Å². The third kappa shape index (κ3) is 3.16. The van der Waals surface area contributed by atoms with E-state index in [9.17, 15) is 9.90 Å². The highest BCUT2D eigenvalue weighted by Gasteiger charge is 2.23. The first-order valence-electron chi connectivity index (χ1n) is 7.67. The highest BCUT2D eigenvalue weighted by molar-refractivity contribution is 7.19. The highest BCUT2D eigenvalue weighted by Crippen LogP contribution is 2.31. The van der Waals surface area contributed by atoms with Crippen molar-refractivity contribution in [2.75, 3.05) is 26.2 Å². The maximum Gasteiger partial charge on any atom is 0.219 e. The van der Waals surface area contributed by atoms with E-state index in [1.807, 2.05) is 11.3 Å². The Hall–Kier alpha value is -1.43. The lowest BCUT2D eigenvalue weighted by molar-refractivity contribution is -0.129. The Labute approximate surface area is 135 Å². The van der Waals surface area contributed by atoms with Gasteiger partial charge in [0.15, 0.2) is 0 Å². The quantitative estimate of drug-likeness (QED) is 0.923. The molecule has 1 aromatic carbocycles. The summed E-state index contributed by atoms with van der Waals surface area (Å²) in [6, 6.07) is 8.48. The molecule has 1 saturated heterocycles. The van der Waals surface area contributed by atoms with Gasteiger partial charge in [-0.1, -0.05) is 18.2 Å². The fourth-order valence-electron chi connectivity index (χ4n) is 3.13. The Morgan fingerprint density at radius 2 is 2.09 bits per heavy atom. The van der Waals surface area contributed by atoms with Crippen molar-refractivity contribution in [1.29, 1.82) is 0 Å². The first-order valence-corrected chi connectivity index (χ1v) is 8.49. The predicted molar refractivity (Wildman–Crippen MR) is 90.1 cm³/mol. The summed E-state index contributed by atoms with van der Waals surface area (Å²) in [6.07, 6.45) is -0.475. The van der Waals surface area contributed by atoms with Gasteiger partial charge in [-0.2, -0.15) is 0 Å². The monoisotopic (exact) mass is 318 g/mol. The summed E-state index contributed by atoms with van der Waals surface area (Å²) in [7, 11) is 0. The van der Waals surface area contributed by atoms with Gasteiger partial charge in [0, 0.05) is 49.2 Å². The normalized spacial score (nSPS) is 20.3. The van der Waals surface area contributed by atoms with Gasteiger partial charge in [-0.3, -0.25) is 9.69 Å². The number of aliphatic hydroxyl groups is 1. The molecule has 0 bridgehead atoms. The number of benzene rings is 1. The molecule has 0 saturated carbocycles. The molecular formula is C17H22N2O2S. The minimum absolute atomic E-state index is 0.0399. The predicted octanol–water partition coefficient (Wildman–Crippen LogP) is 2.23. The number of β-amino-alcohol motifs (C(OH)–C–C–N with tert-alkyl or cyclic N) is 1. The average molecular weight is 318 g/mol. The van der Waals surface area contributed by atoms with Crippen molar-refractivity contribution in [3.63, 3.8) is 0 Å². The topological polar surface area (TPSA) is 43.8 Å². The van der Waals surface area contributed by atoms with Gasteiger partial charge in [0.05, 0.1) is 6.10 Å². The van der Waals surface area contributed by atoms with Gasteiger partial charge in [-0.05, 0) is 23.9 Å². The fourth-order valence-corrected chi connectivity index (χ4v) is 4.20. The fraction of sp³-hybridized carbons (Fsp3) is 0.471. The van der Waals surface area contributed by atoms with E-state index >= 15 is 0 Å². The van der Waals surface area contributed by atoms with Crippen LogP contribution in [-0.2, 0) is 11.3 Å². The smallest absolute Gasteiger partial charge is 0.219 e. The van der Waals surface area contributed by atoms with Crippen molar-refractivity contribution in [1.82, 2.24) is 9.80 Å². The first-order chi connectivity index (χ1) is 10.5. The molecule has 0 unspecified atom stereocenters. The molecular weight excluding hydrogens is 296 g/mol. The van der Waals surface area contributed by atoms with E-state index in [1.54, 1.807) is 11.8 Å². The van der Waals surface area contributed by atoms with Crippen LogP contribution in [0, 0.1) is 6.92 Å². The molecule has 2 heterocycles. The van der Waals surface area contributed by atoms with Gasteiger partial charge in [-0.25, -0.2) is 0 Å². The molecule has 5 heteroatoms. The number of fused-ring (bicyclic) bond motifs is 1. The maximum atomic E-state index is 11.5. The van der Waals surface area contributed by atoms with Crippen molar-refractivity contribution in [3.05, 3.63) is 34.7 Å². The standard InChI is InChI=1S/C17H22N2O2S/c1-12-16(15-5-3-4-6-17(15)22-12)11-18-7-8-19(13(2)20)10-14(21)9-18/h3-6,14,21H,7-11H2,1-2H3/t14-/m0/s1. The van der Waals surface area contributed by atoms with Gasteiger partial charge in [-0.15, -0.1) is 11.3 Å². The Morgan fingerprint density at radius 1 is 1.32 bits per heavy atom. The summed E-state index contributed by atoms with van der Waals surface area (Å²) < 4.78 is 1.32. The van der Waals surface area contributed by atoms with Crippen LogP contribution in [0.15, 0.2) is 24.3 Å². The maximum absolute atomic E-state index is 11.5. The molecule has 118 valence electrons. The van der Waals surface area contributed by atoms with Gasteiger partial charge < -0.3 is 10.0 Å². The molecule has 1 N–H and O–H groups in total. The van der Waals surface area contributed by atoms with Crippen LogP contribution in [0.4, 0.5) is 0 Å². The lowest BCUT2D eigenvalue weighted by atomic mass is 10.1. The summed E-state index contributed by atoms with van der Waals surface area (Å²) in [5, 5.41) is 11.5. The zero-order valence-electron chi connectivity index (χ0n) is 13.1. The van der Waals surface area contributed by atoms with Gasteiger partial charge in [0.2, 0.25) is 5.91 Å². The number of carbonyl (C=O) groups is 1. The number of carbonyl (C=O) groups excluding carboxylic acids is 1. The minimum atomic E-state index is -0.475. The molecule has 2 aromatic rings. The molecule has 4 nitrogen and oxygen atoms in total. The van der Waals surface area contributed by atoms with Crippen molar-refractivity contribution < 1.29 is 9.90 Å². The number of thiophene rings is 1. The van der Waals surface area contributed by atoms with Gasteiger partial charge in [0.25, 0.3) is 0 Å². The third-order valence-corrected chi connectivity index (χ3v) is 5.44. The van der Waals surface area contributed by atoms with Crippen molar-refractivity contribution >= 4 is 27.3 Å². The van der Waals surface area contributed by atoms with E-state index < -0.39 is 6.10 Å². The summed E-state index contributed by atoms with van der Waals surface area (Å²) in [5.41, 5.74) is 1.35. The molecule has 1 aliphatic rings. The van der Waals surface area contributed by atoms with Crippen molar-refractivity contribution in [2.45, 2.75) is 26.5 Å². The van der Waals surface area contributed by atoms with Crippen molar-refractivity contribution in [3.8, 4) is 0 Å². The van der Waals surface area contributed by atoms with Crippen LogP contribution in [0.25, 0.3) is 10.1 Å². The van der Waals surface area contributed by atoms with Crippen LogP contribution < -0.4 is 0 Å². The third-order valence-electron chi connectivity index (χ3n) is 4.31. The number of nitrogens with zero attached hydrogens (tertiary/aromatic N) is 2. The van der Waals surface area contributed by atoms with Crippen LogP contribution in [0.3, 0.4) is 0 Å². The Bertz CT molecular complexity index is 682. The zero-order valence-corrected chi connectivity index (χ0v) is 13.9. The minimum Gasteiger partial charge on any atom is -0.390 e. The summed E-state index contributed by atoms with van der Waals surface area (Å²) in [4.78, 5) is 16.9. The molecule has 0 radical (unpaired) electrons. The molecule has 1 aromatic heterocycles. The Morgan fingerprint density at radius 3 is 2.86 bits per heavy atom. The van der Waals surface area contributed by atoms with Gasteiger partial charge >= 0.3 is 0 Å². The molecule has 1 fully saturated rings. The Kier molecular flexibility index (Phi) is 4.47. The van der Waals surface area contributed by atoms with Crippen LogP contribution in [-0.4, -0.2) is 53.1 Å². The van der Waals surface area contributed by atoms with Crippen LogP contribution >= 0.6 is 11.3 Å². The second kappa shape index (κ2) is 6.36. The number of aliphatic hydroxyl groups excluding tert-OH is 1. The number of amides is 1. The van der Waals surface area contributed by atoms with E-state index in [-0.39, 0.29) is 5.91 Å². The van der Waals surface area contributed by atoms with E-state index in [4.69, 9.17) is 0 Å². The molecule has 1 aliphatic heterocycles. The average Bonchev–Trinajstić information content (AvgIpc) is 2.66. The second-order valence-corrected chi connectivity index (χ2v) is 7.24. The number of hydrogen-bond acceptors (Lipinski definition) is 4. The number of hydrogen-bond donors (Lipinski definition) is 1. The molecule has 1 atom stereocenters. The van der Waals surface area contributed by atoms with E-state index in [2.05, 4.69) is 36.1 Å². The molecule has 0 aliphatic carbocycles. The van der Waals surface area contributed by atoms with Gasteiger partial charge in [0.1, 0.15) is 0 Å². The Balaban J connectivity index is 1.80. The van der Waals surface area contributed by atoms with Crippen LogP contribution in [0.1, 0.15) is 17.4 Å². The van der Waals surface area contributed by atoms with Crippen LogP contribution in [0.2, 0.25) is 0 Å². The van der Waals surface area contributed by atoms with E-state index in [1.165, 1.54) is 20.5 Å². The molecule has 0 spiro atoms. The summed E-state index contributed by atoms with van der Waals surface area (Å²) in [5.74, 6) is 0.0399. The second-order valence-electron chi connectivity index (χ2n) is 5.99. The lowest BCUT2D eigenvalue weighted by Gasteiger charge is -2.21. The first kappa shape index (κ1) is 15.5. The zero-order chi connectivity index (χ0) is 15.7.